The summed E-state index contributed by atoms with van der Waals surface area (Å²) in [5.74, 6) is 1.73. The van der Waals surface area contributed by atoms with Gasteiger partial charge in [0.2, 0.25) is 0 Å². The average Bonchev–Trinajstić information content (AvgIpc) is 3.15. The molecule has 0 radical (unpaired) electrons. The predicted molar refractivity (Wildman–Crippen MR) is 120 cm³/mol. The zero-order valence-corrected chi connectivity index (χ0v) is 18.0. The first-order chi connectivity index (χ1) is 14.5. The van der Waals surface area contributed by atoms with E-state index in [1.165, 1.54) is 5.56 Å². The Kier molecular flexibility index (Phi) is 6.61. The molecule has 3 N–H and O–H groups in total. The van der Waals surface area contributed by atoms with Crippen molar-refractivity contribution in [1.29, 1.82) is 0 Å². The van der Waals surface area contributed by atoms with Gasteiger partial charge in [0.15, 0.2) is 0 Å². The van der Waals surface area contributed by atoms with Crippen molar-refractivity contribution in [3.63, 3.8) is 0 Å². The molecule has 2 amide bonds. The van der Waals surface area contributed by atoms with Crippen LogP contribution in [0.25, 0.3) is 11.3 Å². The Morgan fingerprint density at radius 1 is 1.07 bits per heavy atom. The molecular weight excluding hydrogens is 380 g/mol. The number of ether oxygens (including phenoxy) is 2. The van der Waals surface area contributed by atoms with Gasteiger partial charge < -0.3 is 20.1 Å². The minimum absolute atomic E-state index is 0.336. The zero-order valence-electron chi connectivity index (χ0n) is 18.0. The molecule has 0 saturated heterocycles. The molecule has 3 rings (SSSR count). The molecule has 7 nitrogen and oxygen atoms in total. The van der Waals surface area contributed by atoms with E-state index in [1.807, 2.05) is 43.3 Å². The quantitative estimate of drug-likeness (QED) is 0.487. The summed E-state index contributed by atoms with van der Waals surface area (Å²) in [6, 6.07) is 13.0. The number of urea groups is 1. The van der Waals surface area contributed by atoms with Gasteiger partial charge in [0.05, 0.1) is 25.6 Å². The Labute approximate surface area is 176 Å². The third kappa shape index (κ3) is 4.56. The van der Waals surface area contributed by atoms with Crippen LogP contribution < -0.4 is 20.1 Å². The lowest BCUT2D eigenvalue weighted by Gasteiger charge is -2.13. The van der Waals surface area contributed by atoms with E-state index in [2.05, 4.69) is 34.7 Å². The number of anilines is 2. The molecule has 0 atom stereocenters. The highest BCUT2D eigenvalue weighted by Gasteiger charge is 2.20. The maximum Gasteiger partial charge on any atom is 0.323 e. The van der Waals surface area contributed by atoms with Gasteiger partial charge in [-0.3, -0.25) is 5.10 Å². The summed E-state index contributed by atoms with van der Waals surface area (Å²) in [7, 11) is 3.19. The van der Waals surface area contributed by atoms with Crippen molar-refractivity contribution < 1.29 is 14.3 Å². The molecule has 0 aliphatic carbocycles. The van der Waals surface area contributed by atoms with Crippen molar-refractivity contribution in [2.24, 2.45) is 0 Å². The Hall–Kier alpha value is -3.48. The topological polar surface area (TPSA) is 88.3 Å². The maximum absolute atomic E-state index is 12.7. The molecule has 1 aromatic heterocycles. The van der Waals surface area contributed by atoms with Gasteiger partial charge in [-0.25, -0.2) is 4.79 Å². The molecule has 7 heteroatoms. The van der Waals surface area contributed by atoms with E-state index >= 15 is 0 Å². The Bertz CT molecular complexity index is 1010. The standard InChI is InChI=1S/C23H28N4O3/c1-6-19-22(25-23(28)24-16-9-7-15(8-10-16)14(2)3)21(27-26-19)18-12-11-17(29-4)13-20(18)30-5/h7-14H,6H2,1-5H3,(H,26,27)(H2,24,25,28). The van der Waals surface area contributed by atoms with Gasteiger partial charge in [0.25, 0.3) is 0 Å². The van der Waals surface area contributed by atoms with Crippen LogP contribution in [0.5, 0.6) is 11.5 Å². The van der Waals surface area contributed by atoms with E-state index in [0.717, 1.165) is 16.9 Å². The maximum atomic E-state index is 12.7. The Morgan fingerprint density at radius 2 is 1.80 bits per heavy atom. The zero-order chi connectivity index (χ0) is 21.7. The number of carbonyl (C=O) groups excluding carboxylic acids is 1. The van der Waals surface area contributed by atoms with Crippen molar-refractivity contribution in [2.45, 2.75) is 33.1 Å². The Balaban J connectivity index is 1.86. The second-order valence-electron chi connectivity index (χ2n) is 7.20. The highest BCUT2D eigenvalue weighted by atomic mass is 16.5. The number of rotatable bonds is 7. The van der Waals surface area contributed by atoms with Crippen LogP contribution in [0.4, 0.5) is 16.2 Å². The highest BCUT2D eigenvalue weighted by Crippen LogP contribution is 2.37. The largest absolute Gasteiger partial charge is 0.497 e. The van der Waals surface area contributed by atoms with Crippen LogP contribution in [0.3, 0.4) is 0 Å². The summed E-state index contributed by atoms with van der Waals surface area (Å²) in [5, 5.41) is 13.3. The van der Waals surface area contributed by atoms with Gasteiger partial charge >= 0.3 is 6.03 Å². The second kappa shape index (κ2) is 9.35. The summed E-state index contributed by atoms with van der Waals surface area (Å²) in [6.07, 6.45) is 0.685. The van der Waals surface area contributed by atoms with Gasteiger partial charge in [-0.1, -0.05) is 32.9 Å². The fourth-order valence-electron chi connectivity index (χ4n) is 3.18. The lowest BCUT2D eigenvalue weighted by Crippen LogP contribution is -2.20. The van der Waals surface area contributed by atoms with Crippen molar-refractivity contribution in [2.75, 3.05) is 24.9 Å². The number of carbonyl (C=O) groups is 1. The van der Waals surface area contributed by atoms with E-state index in [4.69, 9.17) is 9.47 Å². The molecule has 0 aliphatic heterocycles. The third-order valence-electron chi connectivity index (χ3n) is 4.93. The van der Waals surface area contributed by atoms with E-state index in [1.54, 1.807) is 20.3 Å². The molecule has 158 valence electrons. The van der Waals surface area contributed by atoms with Crippen molar-refractivity contribution >= 4 is 17.4 Å². The number of amides is 2. The normalized spacial score (nSPS) is 10.7. The van der Waals surface area contributed by atoms with Crippen LogP contribution in [0.1, 0.15) is 37.9 Å². The van der Waals surface area contributed by atoms with Gasteiger partial charge in [0, 0.05) is 17.3 Å². The molecule has 2 aromatic carbocycles. The van der Waals surface area contributed by atoms with E-state index < -0.39 is 0 Å². The summed E-state index contributed by atoms with van der Waals surface area (Å²) >= 11 is 0. The summed E-state index contributed by atoms with van der Waals surface area (Å²) in [6.45, 7) is 6.26. The fraction of sp³-hybridized carbons (Fsp3) is 0.304. The summed E-state index contributed by atoms with van der Waals surface area (Å²) < 4.78 is 10.8. The van der Waals surface area contributed by atoms with E-state index in [-0.39, 0.29) is 6.03 Å². The number of benzene rings is 2. The molecule has 0 bridgehead atoms. The van der Waals surface area contributed by atoms with Crippen LogP contribution >= 0.6 is 0 Å². The van der Waals surface area contributed by atoms with Crippen LogP contribution in [0.2, 0.25) is 0 Å². The summed E-state index contributed by atoms with van der Waals surface area (Å²) in [4.78, 5) is 12.7. The van der Waals surface area contributed by atoms with Gasteiger partial charge in [-0.05, 0) is 42.2 Å². The molecule has 0 saturated carbocycles. The molecule has 0 spiro atoms. The molecular formula is C23H28N4O3. The number of nitrogens with one attached hydrogen (secondary N) is 3. The number of hydrogen-bond donors (Lipinski definition) is 3. The van der Waals surface area contributed by atoms with Crippen LogP contribution in [0, 0.1) is 0 Å². The molecule has 0 aliphatic rings. The number of methoxy groups -OCH3 is 2. The lowest BCUT2D eigenvalue weighted by atomic mass is 10.0. The first-order valence-corrected chi connectivity index (χ1v) is 9.94. The van der Waals surface area contributed by atoms with Gasteiger partial charge in [-0.2, -0.15) is 5.10 Å². The minimum atomic E-state index is -0.336. The monoisotopic (exact) mass is 408 g/mol. The molecule has 0 unspecified atom stereocenters. The highest BCUT2D eigenvalue weighted by molar-refractivity contribution is 6.02. The molecule has 3 aromatic rings. The van der Waals surface area contributed by atoms with Crippen LogP contribution in [-0.2, 0) is 6.42 Å². The van der Waals surface area contributed by atoms with Crippen molar-refractivity contribution in [3.05, 3.63) is 53.7 Å². The number of aryl methyl sites for hydroxylation is 1. The van der Waals surface area contributed by atoms with Gasteiger partial charge in [-0.15, -0.1) is 0 Å². The first-order valence-electron chi connectivity index (χ1n) is 9.94. The molecule has 30 heavy (non-hydrogen) atoms. The number of hydrogen-bond acceptors (Lipinski definition) is 4. The second-order valence-corrected chi connectivity index (χ2v) is 7.20. The minimum Gasteiger partial charge on any atom is -0.497 e. The number of aromatic amines is 1. The molecule has 0 fully saturated rings. The van der Waals surface area contributed by atoms with E-state index in [9.17, 15) is 4.79 Å². The molecule has 1 heterocycles. The van der Waals surface area contributed by atoms with E-state index in [0.29, 0.717) is 35.2 Å². The third-order valence-corrected chi connectivity index (χ3v) is 4.93. The summed E-state index contributed by atoms with van der Waals surface area (Å²) in [5.41, 5.74) is 4.76. The SMILES string of the molecule is CCc1[nH]nc(-c2ccc(OC)cc2OC)c1NC(=O)Nc1ccc(C(C)C)cc1. The fourth-order valence-corrected chi connectivity index (χ4v) is 3.18. The number of H-pyrrole nitrogens is 1. The predicted octanol–water partition coefficient (Wildman–Crippen LogP) is 5.42. The average molecular weight is 409 g/mol. The van der Waals surface area contributed by atoms with Crippen molar-refractivity contribution in [3.8, 4) is 22.8 Å². The van der Waals surface area contributed by atoms with Crippen molar-refractivity contribution in [1.82, 2.24) is 10.2 Å². The van der Waals surface area contributed by atoms with Crippen LogP contribution in [-0.4, -0.2) is 30.4 Å². The Morgan fingerprint density at radius 3 is 2.40 bits per heavy atom. The lowest BCUT2D eigenvalue weighted by molar-refractivity contribution is 0.262. The first kappa shape index (κ1) is 21.2. The number of nitrogens with zero attached hydrogens (tertiary/aromatic N) is 1. The smallest absolute Gasteiger partial charge is 0.323 e. The van der Waals surface area contributed by atoms with Gasteiger partial charge in [0.1, 0.15) is 17.2 Å². The van der Waals surface area contributed by atoms with Crippen LogP contribution in [0.15, 0.2) is 42.5 Å². The number of aromatic nitrogens is 2.